The summed E-state index contributed by atoms with van der Waals surface area (Å²) in [6, 6.07) is 9.91. The Morgan fingerprint density at radius 2 is 2.25 bits per heavy atom. The van der Waals surface area contributed by atoms with Crippen molar-refractivity contribution >= 4 is 34.1 Å². The van der Waals surface area contributed by atoms with Crippen LogP contribution in [0.5, 0.6) is 0 Å². The molecule has 0 fully saturated rings. The number of hydrogen-bond donors (Lipinski definition) is 2. The minimum atomic E-state index is 0.234. The number of benzene rings is 1. The molecule has 0 saturated heterocycles. The summed E-state index contributed by atoms with van der Waals surface area (Å²) < 4.78 is 7.45. The van der Waals surface area contributed by atoms with Gasteiger partial charge in [-0.05, 0) is 30.8 Å². The number of aromatic nitrogens is 2. The van der Waals surface area contributed by atoms with Crippen LogP contribution < -0.4 is 11.1 Å². The van der Waals surface area contributed by atoms with Gasteiger partial charge in [-0.3, -0.25) is 0 Å². The lowest BCUT2D eigenvalue weighted by Crippen LogP contribution is -2.22. The molecule has 0 amide bonds. The van der Waals surface area contributed by atoms with Crippen LogP contribution in [-0.2, 0) is 6.42 Å². The molecule has 3 aromatic rings. The Bertz CT molecular complexity index is 800. The van der Waals surface area contributed by atoms with Gasteiger partial charge in [-0.25, -0.2) is 0 Å². The fraction of sp³-hybridized carbons (Fsp3) is 0.143. The van der Waals surface area contributed by atoms with Gasteiger partial charge in [0.05, 0.1) is 0 Å². The molecule has 1 aliphatic heterocycles. The van der Waals surface area contributed by atoms with Gasteiger partial charge in [0.1, 0.15) is 17.1 Å². The number of rotatable bonds is 1. The topological polar surface area (TPSA) is 69.0 Å². The van der Waals surface area contributed by atoms with Crippen molar-refractivity contribution in [3.05, 3.63) is 35.9 Å². The van der Waals surface area contributed by atoms with Crippen LogP contribution in [0.1, 0.15) is 5.56 Å². The second-order valence-electron chi connectivity index (χ2n) is 4.75. The van der Waals surface area contributed by atoms with E-state index in [9.17, 15) is 0 Å². The maximum Gasteiger partial charge on any atom is 0.193 e. The van der Waals surface area contributed by atoms with Crippen molar-refractivity contribution in [3.8, 4) is 11.5 Å². The van der Waals surface area contributed by atoms with Crippen LogP contribution in [0, 0.1) is 0 Å². The molecule has 3 N–H and O–H groups in total. The highest BCUT2D eigenvalue weighted by molar-refractivity contribution is 7.80. The van der Waals surface area contributed by atoms with E-state index >= 15 is 0 Å². The van der Waals surface area contributed by atoms with Gasteiger partial charge in [-0.2, -0.15) is 9.78 Å². The summed E-state index contributed by atoms with van der Waals surface area (Å²) >= 11 is 5.04. The predicted molar refractivity (Wildman–Crippen MR) is 81.8 cm³/mol. The predicted octanol–water partition coefficient (Wildman–Crippen LogP) is 2.36. The molecule has 1 aliphatic rings. The van der Waals surface area contributed by atoms with E-state index in [1.54, 1.807) is 4.68 Å². The van der Waals surface area contributed by atoms with E-state index in [0.717, 1.165) is 46.8 Å². The molecule has 0 radical (unpaired) electrons. The van der Waals surface area contributed by atoms with E-state index in [4.69, 9.17) is 22.4 Å². The van der Waals surface area contributed by atoms with Crippen molar-refractivity contribution in [2.24, 2.45) is 5.73 Å². The highest BCUT2D eigenvalue weighted by Crippen LogP contribution is 2.35. The molecule has 1 aromatic carbocycles. The van der Waals surface area contributed by atoms with Gasteiger partial charge in [0.25, 0.3) is 0 Å². The highest BCUT2D eigenvalue weighted by Gasteiger charge is 2.25. The van der Waals surface area contributed by atoms with E-state index in [1.807, 2.05) is 30.3 Å². The summed E-state index contributed by atoms with van der Waals surface area (Å²) in [4.78, 5) is 0. The number of nitrogens with zero attached hydrogens (tertiary/aromatic N) is 2. The lowest BCUT2D eigenvalue weighted by atomic mass is 10.1. The van der Waals surface area contributed by atoms with Crippen LogP contribution >= 0.6 is 12.2 Å². The fourth-order valence-corrected chi connectivity index (χ4v) is 2.76. The number of para-hydroxylation sites is 1. The van der Waals surface area contributed by atoms with Gasteiger partial charge >= 0.3 is 0 Å². The number of thiocarbonyl (C=S) groups is 1. The van der Waals surface area contributed by atoms with Gasteiger partial charge in [0, 0.05) is 17.5 Å². The summed E-state index contributed by atoms with van der Waals surface area (Å²) in [5.74, 6) is 1.63. The smallest absolute Gasteiger partial charge is 0.193 e. The Morgan fingerprint density at radius 3 is 3.05 bits per heavy atom. The van der Waals surface area contributed by atoms with Crippen LogP contribution in [0.3, 0.4) is 0 Å². The second-order valence-corrected chi connectivity index (χ2v) is 5.17. The molecule has 0 unspecified atom stereocenters. The molecular formula is C14H12N4OS. The molecule has 5 nitrogen and oxygen atoms in total. The lowest BCUT2D eigenvalue weighted by Gasteiger charge is -2.01. The van der Waals surface area contributed by atoms with E-state index in [1.165, 1.54) is 0 Å². The van der Waals surface area contributed by atoms with Crippen molar-refractivity contribution < 1.29 is 4.42 Å². The first-order valence-corrected chi connectivity index (χ1v) is 6.79. The third-order valence-electron chi connectivity index (χ3n) is 3.52. The zero-order valence-corrected chi connectivity index (χ0v) is 11.4. The summed E-state index contributed by atoms with van der Waals surface area (Å²) in [7, 11) is 0. The van der Waals surface area contributed by atoms with Crippen molar-refractivity contribution in [3.63, 3.8) is 0 Å². The van der Waals surface area contributed by atoms with E-state index in [0.29, 0.717) is 0 Å². The maximum absolute atomic E-state index is 5.88. The molecule has 100 valence electrons. The number of nitrogens with two attached hydrogens (primary N) is 1. The average molecular weight is 284 g/mol. The van der Waals surface area contributed by atoms with Crippen molar-refractivity contribution in [1.82, 2.24) is 9.78 Å². The van der Waals surface area contributed by atoms with Crippen LogP contribution in [0.2, 0.25) is 0 Å². The first-order valence-electron chi connectivity index (χ1n) is 6.38. The van der Waals surface area contributed by atoms with Crippen molar-refractivity contribution in [1.29, 1.82) is 0 Å². The van der Waals surface area contributed by atoms with Crippen molar-refractivity contribution in [2.75, 3.05) is 11.9 Å². The Balaban J connectivity index is 1.94. The molecule has 6 heteroatoms. The van der Waals surface area contributed by atoms with Gasteiger partial charge < -0.3 is 15.5 Å². The summed E-state index contributed by atoms with van der Waals surface area (Å²) in [6.07, 6.45) is 0.893. The highest BCUT2D eigenvalue weighted by atomic mass is 32.1. The summed E-state index contributed by atoms with van der Waals surface area (Å²) in [5, 5.41) is 9.05. The molecular weight excluding hydrogens is 272 g/mol. The first kappa shape index (κ1) is 11.5. The van der Waals surface area contributed by atoms with Crippen LogP contribution in [0.25, 0.3) is 22.4 Å². The molecule has 4 rings (SSSR count). The standard InChI is InChI=1S/C14H12N4OS/c15-14(20)18-13-9(5-6-16-13)12(17-18)11-7-8-3-1-2-4-10(8)19-11/h1-4,7,16H,5-6H2,(H2,15,20). The minimum Gasteiger partial charge on any atom is -0.454 e. The number of nitrogens with one attached hydrogen (secondary N) is 1. The quantitative estimate of drug-likeness (QED) is 0.671. The molecule has 0 saturated carbocycles. The van der Waals surface area contributed by atoms with Crippen LogP contribution in [0.15, 0.2) is 34.7 Å². The average Bonchev–Trinajstić information content (AvgIpc) is 3.11. The molecule has 20 heavy (non-hydrogen) atoms. The molecule has 0 spiro atoms. The Kier molecular flexibility index (Phi) is 2.34. The Morgan fingerprint density at radius 1 is 1.40 bits per heavy atom. The first-order chi connectivity index (χ1) is 9.74. The number of hydrogen-bond acceptors (Lipinski definition) is 4. The van der Waals surface area contributed by atoms with Crippen LogP contribution in [0.4, 0.5) is 5.82 Å². The zero-order valence-electron chi connectivity index (χ0n) is 10.6. The van der Waals surface area contributed by atoms with E-state index < -0.39 is 0 Å². The second kappa shape index (κ2) is 4.08. The normalized spacial score (nSPS) is 13.4. The number of furan rings is 1. The summed E-state index contributed by atoms with van der Waals surface area (Å²) in [6.45, 7) is 0.864. The molecule has 2 aromatic heterocycles. The SMILES string of the molecule is NC(=S)n1nc(-c2cc3ccccc3o2)c2c1NCC2. The molecule has 0 aliphatic carbocycles. The van der Waals surface area contributed by atoms with Crippen molar-refractivity contribution in [2.45, 2.75) is 6.42 Å². The fourth-order valence-electron chi connectivity index (χ4n) is 2.63. The Hall–Kier alpha value is -2.34. The minimum absolute atomic E-state index is 0.234. The molecule has 0 atom stereocenters. The third-order valence-corrected chi connectivity index (χ3v) is 3.69. The van der Waals surface area contributed by atoms with Gasteiger partial charge in [0.2, 0.25) is 0 Å². The van der Waals surface area contributed by atoms with E-state index in [-0.39, 0.29) is 5.11 Å². The Labute approximate surface area is 120 Å². The summed E-state index contributed by atoms with van der Waals surface area (Å²) in [5.41, 5.74) is 8.49. The van der Waals surface area contributed by atoms with Crippen LogP contribution in [-0.4, -0.2) is 21.4 Å². The number of anilines is 1. The van der Waals surface area contributed by atoms with Gasteiger partial charge in [-0.15, -0.1) is 0 Å². The maximum atomic E-state index is 5.88. The monoisotopic (exact) mass is 284 g/mol. The molecule has 3 heterocycles. The zero-order chi connectivity index (χ0) is 13.7. The number of fused-ring (bicyclic) bond motifs is 2. The third kappa shape index (κ3) is 1.55. The largest absolute Gasteiger partial charge is 0.454 e. The molecule has 0 bridgehead atoms. The van der Waals surface area contributed by atoms with Gasteiger partial charge in [0.15, 0.2) is 10.9 Å². The van der Waals surface area contributed by atoms with E-state index in [2.05, 4.69) is 10.4 Å². The van der Waals surface area contributed by atoms with Gasteiger partial charge in [-0.1, -0.05) is 18.2 Å². The lowest BCUT2D eigenvalue weighted by molar-refractivity contribution is 0.626.